The van der Waals surface area contributed by atoms with Crippen molar-refractivity contribution in [2.45, 2.75) is 6.54 Å². The standard InChI is InChI=1S/C8H9N7O3S/c16-6(17)5-3-15(4-10-5)2-1-9-7(18)11-8-12-13-14-19-8/h3-4H,1-2H2,(H,16,17)(H2,9,11,12,14,18). The molecule has 0 aromatic carbocycles. The van der Waals surface area contributed by atoms with Gasteiger partial charge < -0.3 is 15.0 Å². The zero-order valence-electron chi connectivity index (χ0n) is 9.48. The van der Waals surface area contributed by atoms with E-state index < -0.39 is 12.0 Å². The first kappa shape index (κ1) is 12.9. The summed E-state index contributed by atoms with van der Waals surface area (Å²) in [5, 5.41) is 20.9. The van der Waals surface area contributed by atoms with Crippen LogP contribution in [0.25, 0.3) is 0 Å². The number of nitrogens with one attached hydrogen (secondary N) is 2. The molecule has 0 spiro atoms. The van der Waals surface area contributed by atoms with E-state index in [0.717, 1.165) is 11.5 Å². The fourth-order valence-electron chi connectivity index (χ4n) is 1.21. The number of carboxylic acids is 1. The van der Waals surface area contributed by atoms with Crippen LogP contribution in [0.1, 0.15) is 10.5 Å². The highest BCUT2D eigenvalue weighted by Gasteiger charge is 2.07. The van der Waals surface area contributed by atoms with Gasteiger partial charge in [-0.3, -0.25) is 5.32 Å². The quantitative estimate of drug-likeness (QED) is 0.682. The van der Waals surface area contributed by atoms with Gasteiger partial charge in [-0.15, -0.1) is 0 Å². The molecule has 0 unspecified atom stereocenters. The smallest absolute Gasteiger partial charge is 0.356 e. The van der Waals surface area contributed by atoms with Crippen molar-refractivity contribution in [2.24, 2.45) is 0 Å². The zero-order valence-corrected chi connectivity index (χ0v) is 10.3. The van der Waals surface area contributed by atoms with Crippen LogP contribution < -0.4 is 10.6 Å². The molecule has 0 saturated heterocycles. The summed E-state index contributed by atoms with van der Waals surface area (Å²) in [4.78, 5) is 25.7. The van der Waals surface area contributed by atoms with Crippen molar-refractivity contribution in [1.82, 2.24) is 29.7 Å². The molecular formula is C8H9N7O3S. The van der Waals surface area contributed by atoms with Crippen LogP contribution in [0, 0.1) is 0 Å². The normalized spacial score (nSPS) is 10.1. The summed E-state index contributed by atoms with van der Waals surface area (Å²) in [7, 11) is 0. The van der Waals surface area contributed by atoms with Gasteiger partial charge in [-0.25, -0.2) is 14.6 Å². The Hall–Kier alpha value is -2.56. The molecule has 0 aliphatic rings. The van der Waals surface area contributed by atoms with E-state index in [2.05, 4.69) is 30.4 Å². The molecule has 2 aromatic heterocycles. The lowest BCUT2D eigenvalue weighted by molar-refractivity contribution is 0.0691. The maximum absolute atomic E-state index is 11.4. The van der Waals surface area contributed by atoms with E-state index in [4.69, 9.17) is 5.11 Å². The Bertz CT molecular complexity index is 567. The van der Waals surface area contributed by atoms with Gasteiger partial charge in [0.15, 0.2) is 5.69 Å². The number of aromatic nitrogens is 5. The number of rotatable bonds is 5. The lowest BCUT2D eigenvalue weighted by Gasteiger charge is -2.04. The second-order valence-electron chi connectivity index (χ2n) is 3.35. The van der Waals surface area contributed by atoms with Crippen molar-refractivity contribution in [2.75, 3.05) is 11.9 Å². The summed E-state index contributed by atoms with van der Waals surface area (Å²) in [5.74, 6) is -1.09. The molecule has 10 nitrogen and oxygen atoms in total. The van der Waals surface area contributed by atoms with Crippen LogP contribution in [0.15, 0.2) is 12.5 Å². The monoisotopic (exact) mass is 283 g/mol. The van der Waals surface area contributed by atoms with Gasteiger partial charge in [0.2, 0.25) is 5.13 Å². The Morgan fingerprint density at radius 3 is 2.95 bits per heavy atom. The van der Waals surface area contributed by atoms with Crippen molar-refractivity contribution >= 4 is 28.7 Å². The molecule has 2 heterocycles. The highest BCUT2D eigenvalue weighted by Crippen LogP contribution is 2.03. The molecule has 11 heteroatoms. The summed E-state index contributed by atoms with van der Waals surface area (Å²) < 4.78 is 5.06. The third-order valence-electron chi connectivity index (χ3n) is 2.03. The molecule has 100 valence electrons. The van der Waals surface area contributed by atoms with Gasteiger partial charge in [-0.2, -0.15) is 0 Å². The first-order chi connectivity index (χ1) is 9.15. The van der Waals surface area contributed by atoms with E-state index in [1.165, 1.54) is 12.5 Å². The van der Waals surface area contributed by atoms with Gasteiger partial charge in [-0.05, 0) is 5.21 Å². The van der Waals surface area contributed by atoms with E-state index in [0.29, 0.717) is 18.2 Å². The first-order valence-electron chi connectivity index (χ1n) is 5.10. The average molecular weight is 283 g/mol. The third-order valence-corrected chi connectivity index (χ3v) is 2.54. The molecule has 2 rings (SSSR count). The van der Waals surface area contributed by atoms with Crippen LogP contribution >= 0.6 is 11.5 Å². The summed E-state index contributed by atoms with van der Waals surface area (Å²) >= 11 is 0.963. The minimum absolute atomic E-state index is 0.0376. The number of urea groups is 1. The van der Waals surface area contributed by atoms with Crippen molar-refractivity contribution in [3.05, 3.63) is 18.2 Å². The van der Waals surface area contributed by atoms with Gasteiger partial charge in [0.05, 0.1) is 6.33 Å². The molecule has 0 aliphatic carbocycles. The number of amides is 2. The number of hydrogen-bond acceptors (Lipinski definition) is 7. The van der Waals surface area contributed by atoms with Crippen molar-refractivity contribution < 1.29 is 14.7 Å². The second-order valence-corrected chi connectivity index (χ2v) is 4.08. The molecule has 3 N–H and O–H groups in total. The SMILES string of the molecule is O=C(NCCn1cnc(C(=O)O)c1)Nc1nnns1. The number of aromatic carboxylic acids is 1. The highest BCUT2D eigenvalue weighted by molar-refractivity contribution is 7.09. The lowest BCUT2D eigenvalue weighted by atomic mass is 10.5. The topological polar surface area (TPSA) is 135 Å². The molecule has 19 heavy (non-hydrogen) atoms. The second kappa shape index (κ2) is 5.86. The number of carboxylic acid groups (broad SMARTS) is 1. The average Bonchev–Trinajstić information content (AvgIpc) is 3.00. The number of anilines is 1. The van der Waals surface area contributed by atoms with Gasteiger partial charge in [0, 0.05) is 30.8 Å². The van der Waals surface area contributed by atoms with E-state index in [-0.39, 0.29) is 5.69 Å². The Labute approximate surface area is 110 Å². The van der Waals surface area contributed by atoms with Crippen LogP contribution in [-0.2, 0) is 6.54 Å². The van der Waals surface area contributed by atoms with Crippen molar-refractivity contribution in [3.8, 4) is 0 Å². The number of imidazole rings is 1. The fourth-order valence-corrected chi connectivity index (χ4v) is 1.58. The van der Waals surface area contributed by atoms with Crippen molar-refractivity contribution in [3.63, 3.8) is 0 Å². The molecule has 2 amide bonds. The zero-order chi connectivity index (χ0) is 13.7. The maximum Gasteiger partial charge on any atom is 0.356 e. The van der Waals surface area contributed by atoms with E-state index in [1.54, 1.807) is 4.57 Å². The Morgan fingerprint density at radius 2 is 2.32 bits per heavy atom. The van der Waals surface area contributed by atoms with E-state index in [1.807, 2.05) is 0 Å². The largest absolute Gasteiger partial charge is 0.476 e. The van der Waals surface area contributed by atoms with Gasteiger partial charge in [0.25, 0.3) is 0 Å². The van der Waals surface area contributed by atoms with Gasteiger partial charge >= 0.3 is 12.0 Å². The molecule has 0 aliphatic heterocycles. The highest BCUT2D eigenvalue weighted by atomic mass is 32.1. The van der Waals surface area contributed by atoms with Gasteiger partial charge in [-0.1, -0.05) is 9.59 Å². The number of carbonyl (C=O) groups is 2. The van der Waals surface area contributed by atoms with Crippen LogP contribution in [-0.4, -0.2) is 48.0 Å². The van der Waals surface area contributed by atoms with Crippen molar-refractivity contribution in [1.29, 1.82) is 0 Å². The molecule has 0 bridgehead atoms. The fraction of sp³-hybridized carbons (Fsp3) is 0.250. The van der Waals surface area contributed by atoms with Crippen LogP contribution in [0.5, 0.6) is 0 Å². The molecule has 0 saturated carbocycles. The van der Waals surface area contributed by atoms with Crippen LogP contribution in [0.3, 0.4) is 0 Å². The summed E-state index contributed by atoms with van der Waals surface area (Å²) in [5.41, 5.74) is -0.0376. The third kappa shape index (κ3) is 3.70. The van der Waals surface area contributed by atoms with Crippen LogP contribution in [0.2, 0.25) is 0 Å². The summed E-state index contributed by atoms with van der Waals surface area (Å²) in [6, 6.07) is -0.433. The van der Waals surface area contributed by atoms with E-state index >= 15 is 0 Å². The number of hydrogen-bond donors (Lipinski definition) is 3. The summed E-state index contributed by atoms with van der Waals surface area (Å²) in [6.07, 6.45) is 2.77. The Balaban J connectivity index is 1.73. The summed E-state index contributed by atoms with van der Waals surface area (Å²) in [6.45, 7) is 0.718. The lowest BCUT2D eigenvalue weighted by Crippen LogP contribution is -2.31. The number of nitrogens with zero attached hydrogens (tertiary/aromatic N) is 5. The minimum Gasteiger partial charge on any atom is -0.476 e. The number of carbonyl (C=O) groups excluding carboxylic acids is 1. The Morgan fingerprint density at radius 1 is 1.47 bits per heavy atom. The molecule has 0 atom stereocenters. The Kier molecular flexibility index (Phi) is 3.97. The molecule has 2 aromatic rings. The predicted octanol–water partition coefficient (Wildman–Crippen LogP) is -0.351. The van der Waals surface area contributed by atoms with Gasteiger partial charge in [0.1, 0.15) is 0 Å². The minimum atomic E-state index is -1.09. The van der Waals surface area contributed by atoms with E-state index in [9.17, 15) is 9.59 Å². The maximum atomic E-state index is 11.4. The molecular weight excluding hydrogens is 274 g/mol. The molecule has 0 radical (unpaired) electrons. The predicted molar refractivity (Wildman–Crippen MR) is 63.9 cm³/mol. The van der Waals surface area contributed by atoms with Crippen LogP contribution in [0.4, 0.5) is 9.93 Å². The molecule has 0 fully saturated rings. The first-order valence-corrected chi connectivity index (χ1v) is 5.87.